The van der Waals surface area contributed by atoms with Gasteiger partial charge >= 0.3 is 6.03 Å². The Balaban J connectivity index is 1.16. The summed E-state index contributed by atoms with van der Waals surface area (Å²) in [5, 5.41) is 5.66. The van der Waals surface area contributed by atoms with Crippen LogP contribution in [-0.4, -0.2) is 42.9 Å². The van der Waals surface area contributed by atoms with E-state index in [0.29, 0.717) is 29.6 Å². The highest BCUT2D eigenvalue weighted by Gasteiger charge is 2.47. The fourth-order valence-electron chi connectivity index (χ4n) is 4.77. The summed E-state index contributed by atoms with van der Waals surface area (Å²) in [6.07, 6.45) is 2.08. The summed E-state index contributed by atoms with van der Waals surface area (Å²) < 4.78 is 13.1. The van der Waals surface area contributed by atoms with Crippen molar-refractivity contribution < 1.29 is 14.0 Å². The van der Waals surface area contributed by atoms with E-state index in [4.69, 9.17) is 0 Å². The van der Waals surface area contributed by atoms with Crippen LogP contribution in [0, 0.1) is 17.7 Å². The number of likely N-dealkylation sites (tertiary alicyclic amines) is 1. The Kier molecular flexibility index (Phi) is 6.13. The Morgan fingerprint density at radius 2 is 1.93 bits per heavy atom. The largest absolute Gasteiger partial charge is 0.338 e. The summed E-state index contributed by atoms with van der Waals surface area (Å²) in [6.45, 7) is 5.27. The Morgan fingerprint density at radius 3 is 2.70 bits per heavy atom. The maximum absolute atomic E-state index is 13.1. The van der Waals surface area contributed by atoms with Crippen molar-refractivity contribution in [2.45, 2.75) is 25.7 Å². The third kappa shape index (κ3) is 4.70. The maximum Gasteiger partial charge on any atom is 0.319 e. The van der Waals surface area contributed by atoms with Crippen LogP contribution < -0.4 is 10.6 Å². The van der Waals surface area contributed by atoms with Gasteiger partial charge in [0.2, 0.25) is 0 Å². The van der Waals surface area contributed by atoms with Crippen molar-refractivity contribution in [1.29, 1.82) is 0 Å². The number of nitrogens with one attached hydrogen (secondary N) is 2. The number of carbonyl (C=O) groups excluding carboxylic acids is 2. The molecule has 158 valence electrons. The molecule has 2 amide bonds. The van der Waals surface area contributed by atoms with Crippen LogP contribution in [0.15, 0.2) is 48.5 Å². The van der Waals surface area contributed by atoms with Crippen molar-refractivity contribution in [2.75, 3.05) is 31.5 Å². The molecule has 1 aliphatic carbocycles. The first-order valence-electron chi connectivity index (χ1n) is 10.6. The SMILES string of the molecule is CC(=O)c1cccc(NC(=O)NCCCN2CC3CC(c4ccc(F)cc4)C3C2)c1. The number of ketones is 1. The number of halogens is 1. The van der Waals surface area contributed by atoms with Gasteiger partial charge in [-0.2, -0.15) is 0 Å². The molecule has 1 heterocycles. The topological polar surface area (TPSA) is 61.4 Å². The molecule has 4 rings (SSSR count). The van der Waals surface area contributed by atoms with Gasteiger partial charge in [-0.15, -0.1) is 0 Å². The van der Waals surface area contributed by atoms with Crippen molar-refractivity contribution in [3.63, 3.8) is 0 Å². The van der Waals surface area contributed by atoms with E-state index in [1.165, 1.54) is 18.9 Å². The summed E-state index contributed by atoms with van der Waals surface area (Å²) in [5.74, 6) is 1.76. The Morgan fingerprint density at radius 1 is 1.13 bits per heavy atom. The van der Waals surface area contributed by atoms with Gasteiger partial charge < -0.3 is 15.5 Å². The van der Waals surface area contributed by atoms with E-state index in [2.05, 4.69) is 15.5 Å². The number of Topliss-reactive ketones (excluding diaryl/α,β-unsaturated/α-hetero) is 1. The summed E-state index contributed by atoms with van der Waals surface area (Å²) in [4.78, 5) is 26.0. The molecule has 2 aromatic rings. The molecule has 2 aromatic carbocycles. The van der Waals surface area contributed by atoms with Crippen LogP contribution in [0.25, 0.3) is 0 Å². The van der Waals surface area contributed by atoms with Crippen molar-refractivity contribution in [2.24, 2.45) is 11.8 Å². The van der Waals surface area contributed by atoms with Crippen LogP contribution in [-0.2, 0) is 0 Å². The third-order valence-electron chi connectivity index (χ3n) is 6.40. The van der Waals surface area contributed by atoms with Gasteiger partial charge in [0.15, 0.2) is 5.78 Å². The van der Waals surface area contributed by atoms with E-state index >= 15 is 0 Å². The fourth-order valence-corrected chi connectivity index (χ4v) is 4.77. The van der Waals surface area contributed by atoms with Crippen LogP contribution in [0.4, 0.5) is 14.9 Å². The molecule has 2 aliphatic rings. The van der Waals surface area contributed by atoms with Gasteiger partial charge in [-0.25, -0.2) is 9.18 Å². The number of hydrogen-bond acceptors (Lipinski definition) is 3. The fraction of sp³-hybridized carbons (Fsp3) is 0.417. The molecule has 0 aromatic heterocycles. The second-order valence-electron chi connectivity index (χ2n) is 8.45. The number of carbonyl (C=O) groups is 2. The van der Waals surface area contributed by atoms with Gasteiger partial charge in [0, 0.05) is 30.9 Å². The normalized spacial score (nSPS) is 22.8. The van der Waals surface area contributed by atoms with Crippen LogP contribution in [0.5, 0.6) is 0 Å². The minimum atomic E-state index is -0.256. The molecule has 6 heteroatoms. The number of fused-ring (bicyclic) bond motifs is 1. The lowest BCUT2D eigenvalue weighted by atomic mass is 9.64. The lowest BCUT2D eigenvalue weighted by Crippen LogP contribution is -2.33. The second-order valence-corrected chi connectivity index (χ2v) is 8.45. The van der Waals surface area contributed by atoms with Gasteiger partial charge in [-0.05, 0) is 73.9 Å². The molecule has 5 nitrogen and oxygen atoms in total. The molecule has 2 fully saturated rings. The molecule has 1 aliphatic heterocycles. The zero-order valence-corrected chi connectivity index (χ0v) is 17.2. The quantitative estimate of drug-likeness (QED) is 0.530. The molecule has 0 spiro atoms. The van der Waals surface area contributed by atoms with Crippen molar-refractivity contribution in [1.82, 2.24) is 10.2 Å². The van der Waals surface area contributed by atoms with Gasteiger partial charge in [-0.1, -0.05) is 24.3 Å². The third-order valence-corrected chi connectivity index (χ3v) is 6.40. The molecule has 3 atom stereocenters. The molecular weight excluding hydrogens is 381 g/mol. The van der Waals surface area contributed by atoms with E-state index in [0.717, 1.165) is 32.0 Å². The van der Waals surface area contributed by atoms with E-state index in [1.807, 2.05) is 12.1 Å². The zero-order chi connectivity index (χ0) is 21.1. The molecule has 1 saturated carbocycles. The molecular formula is C24H28FN3O2. The number of urea groups is 1. The predicted octanol–water partition coefficient (Wildman–Crippen LogP) is 4.28. The van der Waals surface area contributed by atoms with Crippen molar-refractivity contribution in [3.05, 3.63) is 65.5 Å². The van der Waals surface area contributed by atoms with Gasteiger partial charge in [0.25, 0.3) is 0 Å². The highest BCUT2D eigenvalue weighted by molar-refractivity contribution is 5.96. The summed E-state index contributed by atoms with van der Waals surface area (Å²) in [7, 11) is 0. The number of hydrogen-bond donors (Lipinski definition) is 2. The lowest BCUT2D eigenvalue weighted by molar-refractivity contribution is 0.101. The van der Waals surface area contributed by atoms with Gasteiger partial charge in [0.1, 0.15) is 5.82 Å². The molecule has 1 saturated heterocycles. The average Bonchev–Trinajstić information content (AvgIpc) is 3.03. The van der Waals surface area contributed by atoms with Crippen molar-refractivity contribution in [3.8, 4) is 0 Å². The summed E-state index contributed by atoms with van der Waals surface area (Å²) >= 11 is 0. The average molecular weight is 410 g/mol. The van der Waals surface area contributed by atoms with E-state index in [1.54, 1.807) is 36.4 Å². The number of benzene rings is 2. The number of rotatable bonds is 7. The number of anilines is 1. The van der Waals surface area contributed by atoms with E-state index < -0.39 is 0 Å². The highest BCUT2D eigenvalue weighted by atomic mass is 19.1. The smallest absolute Gasteiger partial charge is 0.319 e. The number of nitrogens with zero attached hydrogens (tertiary/aromatic N) is 1. The standard InChI is InChI=1S/C24H28FN3O2/c1-16(29)18-4-2-5-21(12-18)27-24(30)26-10-3-11-28-14-19-13-22(23(19)15-28)17-6-8-20(25)9-7-17/h2,4-9,12,19,22-23H,3,10-11,13-15H2,1H3,(H2,26,27,30). The summed E-state index contributed by atoms with van der Waals surface area (Å²) in [5.41, 5.74) is 2.45. The Labute approximate surface area is 176 Å². The summed E-state index contributed by atoms with van der Waals surface area (Å²) in [6, 6.07) is 13.6. The minimum absolute atomic E-state index is 0.0275. The zero-order valence-electron chi connectivity index (χ0n) is 17.2. The van der Waals surface area contributed by atoms with Crippen LogP contribution in [0.3, 0.4) is 0 Å². The first kappa shape index (κ1) is 20.5. The molecule has 30 heavy (non-hydrogen) atoms. The van der Waals surface area contributed by atoms with Crippen molar-refractivity contribution >= 4 is 17.5 Å². The van der Waals surface area contributed by atoms with E-state index in [-0.39, 0.29) is 17.6 Å². The van der Waals surface area contributed by atoms with Crippen LogP contribution >= 0.6 is 0 Å². The molecule has 0 radical (unpaired) electrons. The van der Waals surface area contributed by atoms with E-state index in [9.17, 15) is 14.0 Å². The minimum Gasteiger partial charge on any atom is -0.338 e. The highest BCUT2D eigenvalue weighted by Crippen LogP contribution is 2.51. The first-order valence-corrected chi connectivity index (χ1v) is 10.6. The molecule has 2 N–H and O–H groups in total. The Bertz CT molecular complexity index is 915. The van der Waals surface area contributed by atoms with Gasteiger partial charge in [0.05, 0.1) is 0 Å². The molecule has 3 unspecified atom stereocenters. The maximum atomic E-state index is 13.1. The second kappa shape index (κ2) is 8.96. The molecule has 0 bridgehead atoms. The Hall–Kier alpha value is -2.73. The van der Waals surface area contributed by atoms with Gasteiger partial charge in [-0.3, -0.25) is 4.79 Å². The predicted molar refractivity (Wildman–Crippen MR) is 115 cm³/mol. The van der Waals surface area contributed by atoms with Crippen LogP contribution in [0.1, 0.15) is 41.6 Å². The lowest BCUT2D eigenvalue weighted by Gasteiger charge is -2.40. The monoisotopic (exact) mass is 409 g/mol. The number of amides is 2. The van der Waals surface area contributed by atoms with Crippen LogP contribution in [0.2, 0.25) is 0 Å². The first-order chi connectivity index (χ1) is 14.5.